The lowest BCUT2D eigenvalue weighted by Crippen LogP contribution is -2.00. The van der Waals surface area contributed by atoms with E-state index in [-0.39, 0.29) is 0 Å². The molecule has 0 amide bonds. The van der Waals surface area contributed by atoms with E-state index in [4.69, 9.17) is 16.3 Å². The lowest BCUT2D eigenvalue weighted by Gasteiger charge is -2.12. The van der Waals surface area contributed by atoms with Crippen LogP contribution in [-0.2, 0) is 0 Å². The van der Waals surface area contributed by atoms with Gasteiger partial charge >= 0.3 is 0 Å². The van der Waals surface area contributed by atoms with Crippen molar-refractivity contribution in [2.24, 2.45) is 0 Å². The van der Waals surface area contributed by atoms with Gasteiger partial charge in [-0.2, -0.15) is 0 Å². The highest BCUT2D eigenvalue weighted by Crippen LogP contribution is 2.34. The minimum Gasteiger partial charge on any atom is -0.456 e. The Morgan fingerprint density at radius 3 is 2.82 bits per heavy atom. The summed E-state index contributed by atoms with van der Waals surface area (Å²) in [5.74, 6) is 2.12. The van der Waals surface area contributed by atoms with Gasteiger partial charge in [0.15, 0.2) is 0 Å². The average Bonchev–Trinajstić information content (AvgIpc) is 3.15. The lowest BCUT2D eigenvalue weighted by molar-refractivity contribution is 0.484. The second kappa shape index (κ2) is 8.00. The van der Waals surface area contributed by atoms with Gasteiger partial charge in [-0.25, -0.2) is 9.97 Å². The van der Waals surface area contributed by atoms with E-state index >= 15 is 0 Å². The van der Waals surface area contributed by atoms with E-state index < -0.39 is 0 Å². The summed E-state index contributed by atoms with van der Waals surface area (Å²) in [6, 6.07) is 13.7. The van der Waals surface area contributed by atoms with Gasteiger partial charge < -0.3 is 10.1 Å². The molecule has 2 aromatic carbocycles. The molecule has 0 saturated carbocycles. The van der Waals surface area contributed by atoms with Crippen LogP contribution in [0.25, 0.3) is 16.2 Å². The maximum absolute atomic E-state index is 6.46. The molecule has 6 heteroatoms. The molecule has 0 bridgehead atoms. The number of nitrogens with zero attached hydrogens (tertiary/aromatic N) is 2. The molecule has 28 heavy (non-hydrogen) atoms. The molecule has 0 aliphatic carbocycles. The zero-order chi connectivity index (χ0) is 19.5. The van der Waals surface area contributed by atoms with Crippen molar-refractivity contribution in [3.05, 3.63) is 76.5 Å². The first-order valence-corrected chi connectivity index (χ1v) is 10.1. The molecule has 0 saturated heterocycles. The summed E-state index contributed by atoms with van der Waals surface area (Å²) in [4.78, 5) is 8.61. The van der Waals surface area contributed by atoms with E-state index in [1.165, 1.54) is 10.1 Å². The predicted molar refractivity (Wildman–Crippen MR) is 118 cm³/mol. The summed E-state index contributed by atoms with van der Waals surface area (Å²) in [6.45, 7) is 3.95. The Morgan fingerprint density at radius 1 is 1.11 bits per heavy atom. The monoisotopic (exact) mass is 407 g/mol. The number of allylic oxidation sites excluding steroid dienone is 1. The Kier molecular flexibility index (Phi) is 5.28. The van der Waals surface area contributed by atoms with Crippen LogP contribution in [-0.4, -0.2) is 9.97 Å². The molecule has 2 heterocycles. The third-order valence-electron chi connectivity index (χ3n) is 4.30. The molecule has 0 fully saturated rings. The number of thiophene rings is 1. The van der Waals surface area contributed by atoms with Crippen LogP contribution < -0.4 is 10.1 Å². The number of hydrogen-bond acceptors (Lipinski definition) is 5. The quantitative estimate of drug-likeness (QED) is 0.379. The molecule has 4 nitrogen and oxygen atoms in total. The Balaban J connectivity index is 1.55. The minimum atomic E-state index is 0.525. The summed E-state index contributed by atoms with van der Waals surface area (Å²) < 4.78 is 7.16. The third kappa shape index (κ3) is 3.86. The van der Waals surface area contributed by atoms with Crippen LogP contribution in [0.4, 0.5) is 11.5 Å². The van der Waals surface area contributed by atoms with Crippen molar-refractivity contribution >= 4 is 50.6 Å². The molecule has 1 N–H and O–H groups in total. The first kappa shape index (κ1) is 18.5. The second-order valence-electron chi connectivity index (χ2n) is 6.23. The van der Waals surface area contributed by atoms with Crippen molar-refractivity contribution in [3.8, 4) is 11.5 Å². The molecule has 4 aromatic rings. The second-order valence-corrected chi connectivity index (χ2v) is 7.58. The van der Waals surface area contributed by atoms with Crippen LogP contribution in [0.2, 0.25) is 5.02 Å². The number of ether oxygens (including phenoxy) is 1. The number of aromatic nitrogens is 2. The molecule has 140 valence electrons. The summed E-state index contributed by atoms with van der Waals surface area (Å²) in [5, 5.41) is 7.10. The molecule has 4 rings (SSSR count). The number of halogens is 1. The van der Waals surface area contributed by atoms with Crippen molar-refractivity contribution in [2.45, 2.75) is 13.8 Å². The van der Waals surface area contributed by atoms with E-state index in [0.717, 1.165) is 28.5 Å². The van der Waals surface area contributed by atoms with Crippen LogP contribution in [0.5, 0.6) is 11.5 Å². The van der Waals surface area contributed by atoms with Crippen LogP contribution in [0, 0.1) is 6.92 Å². The fourth-order valence-corrected chi connectivity index (χ4v) is 3.88. The van der Waals surface area contributed by atoms with Crippen molar-refractivity contribution in [1.29, 1.82) is 0 Å². The van der Waals surface area contributed by atoms with E-state index in [2.05, 4.69) is 26.7 Å². The van der Waals surface area contributed by atoms with Gasteiger partial charge in [-0.05, 0) is 73.2 Å². The molecule has 0 atom stereocenters. The van der Waals surface area contributed by atoms with E-state index in [1.54, 1.807) is 17.7 Å². The number of nitrogens with one attached hydrogen (secondary N) is 1. The zero-order valence-corrected chi connectivity index (χ0v) is 17.0. The maximum Gasteiger partial charge on any atom is 0.146 e. The van der Waals surface area contributed by atoms with E-state index in [9.17, 15) is 0 Å². The number of hydrogen-bond donors (Lipinski definition) is 1. The first-order chi connectivity index (χ1) is 13.6. The SMILES string of the molecule is C/C=C\c1ncnc(Nc2ccc(Oc3ccc4ccsc4c3)c(Cl)c2)c1C. The van der Waals surface area contributed by atoms with Crippen molar-refractivity contribution in [1.82, 2.24) is 9.97 Å². The number of rotatable bonds is 5. The normalized spacial score (nSPS) is 11.2. The number of benzene rings is 2. The van der Waals surface area contributed by atoms with Crippen molar-refractivity contribution in [3.63, 3.8) is 0 Å². The molecule has 0 spiro atoms. The number of anilines is 2. The van der Waals surface area contributed by atoms with Gasteiger partial charge in [0.1, 0.15) is 23.6 Å². The molecule has 2 aromatic heterocycles. The highest BCUT2D eigenvalue weighted by molar-refractivity contribution is 7.17. The molecule has 0 radical (unpaired) electrons. The molecular weight excluding hydrogens is 390 g/mol. The van der Waals surface area contributed by atoms with E-state index in [1.807, 2.05) is 62.4 Å². The highest BCUT2D eigenvalue weighted by atomic mass is 35.5. The molecular formula is C22H18ClN3OS. The Morgan fingerprint density at radius 2 is 2.00 bits per heavy atom. The fraction of sp³-hybridized carbons (Fsp3) is 0.0909. The van der Waals surface area contributed by atoms with Gasteiger partial charge in [-0.15, -0.1) is 11.3 Å². The smallest absolute Gasteiger partial charge is 0.146 e. The van der Waals surface area contributed by atoms with E-state index in [0.29, 0.717) is 10.8 Å². The standard InChI is InChI=1S/C22H18ClN3OS/c1-3-4-19-14(2)22(25-13-24-19)26-16-6-8-20(18(23)11-16)27-17-7-5-15-9-10-28-21(15)12-17/h3-13H,1-2H3,(H,24,25,26)/b4-3-. The average molecular weight is 408 g/mol. The fourth-order valence-electron chi connectivity index (χ4n) is 2.84. The maximum atomic E-state index is 6.46. The highest BCUT2D eigenvalue weighted by Gasteiger charge is 2.09. The van der Waals surface area contributed by atoms with Crippen LogP contribution in [0.15, 0.2) is 60.2 Å². The number of fused-ring (bicyclic) bond motifs is 1. The van der Waals surface area contributed by atoms with Crippen LogP contribution >= 0.6 is 22.9 Å². The molecule has 0 aliphatic rings. The van der Waals surface area contributed by atoms with Crippen molar-refractivity contribution in [2.75, 3.05) is 5.32 Å². The molecule has 0 aliphatic heterocycles. The van der Waals surface area contributed by atoms with Gasteiger partial charge in [-0.3, -0.25) is 0 Å². The summed E-state index contributed by atoms with van der Waals surface area (Å²) >= 11 is 8.14. The van der Waals surface area contributed by atoms with Gasteiger partial charge in [0.2, 0.25) is 0 Å². The van der Waals surface area contributed by atoms with Gasteiger partial charge in [0.25, 0.3) is 0 Å². The predicted octanol–water partition coefficient (Wildman–Crippen LogP) is 7.22. The Labute approximate surface area is 172 Å². The topological polar surface area (TPSA) is 47.0 Å². The lowest BCUT2D eigenvalue weighted by atomic mass is 10.2. The first-order valence-electron chi connectivity index (χ1n) is 8.80. The summed E-state index contributed by atoms with van der Waals surface area (Å²) in [6.07, 6.45) is 5.46. The molecule has 0 unspecified atom stereocenters. The van der Waals surface area contributed by atoms with Gasteiger partial charge in [0, 0.05) is 16.0 Å². The van der Waals surface area contributed by atoms with Gasteiger partial charge in [-0.1, -0.05) is 17.7 Å². The zero-order valence-electron chi connectivity index (χ0n) is 15.4. The third-order valence-corrected chi connectivity index (χ3v) is 5.47. The summed E-state index contributed by atoms with van der Waals surface area (Å²) in [7, 11) is 0. The van der Waals surface area contributed by atoms with Crippen LogP contribution in [0.3, 0.4) is 0 Å². The van der Waals surface area contributed by atoms with Crippen LogP contribution in [0.1, 0.15) is 18.2 Å². The van der Waals surface area contributed by atoms with Crippen molar-refractivity contribution < 1.29 is 4.74 Å². The minimum absolute atomic E-state index is 0.525. The van der Waals surface area contributed by atoms with Gasteiger partial charge in [0.05, 0.1) is 10.7 Å². The Hall–Kier alpha value is -2.89. The Bertz CT molecular complexity index is 1170. The summed E-state index contributed by atoms with van der Waals surface area (Å²) in [5.41, 5.74) is 2.69. The largest absolute Gasteiger partial charge is 0.456 e.